The number of ether oxygens (including phenoxy) is 1. The quantitative estimate of drug-likeness (QED) is 0.685. The second kappa shape index (κ2) is 8.43. The number of hydrogen-bond donors (Lipinski definition) is 1. The molecule has 1 atom stereocenters. The van der Waals surface area contributed by atoms with Gasteiger partial charge in [0.25, 0.3) is 11.8 Å². The number of rotatable bonds is 6. The van der Waals surface area contributed by atoms with Gasteiger partial charge in [0.2, 0.25) is 5.82 Å². The van der Waals surface area contributed by atoms with Crippen molar-refractivity contribution in [3.8, 4) is 17.1 Å². The highest BCUT2D eigenvalue weighted by Gasteiger charge is 2.41. The van der Waals surface area contributed by atoms with Crippen LogP contribution in [0, 0.1) is 0 Å². The zero-order chi connectivity index (χ0) is 20.1. The molecule has 1 aliphatic carbocycles. The zero-order valence-corrected chi connectivity index (χ0v) is 16.4. The number of aromatic nitrogens is 3. The molecule has 0 radical (unpaired) electrons. The van der Waals surface area contributed by atoms with Crippen LogP contribution in [0.25, 0.3) is 11.4 Å². The van der Waals surface area contributed by atoms with Crippen molar-refractivity contribution in [2.45, 2.75) is 50.7 Å². The molecular formula is C22H24N4O3. The van der Waals surface area contributed by atoms with E-state index in [-0.39, 0.29) is 5.91 Å². The van der Waals surface area contributed by atoms with Crippen LogP contribution in [0.15, 0.2) is 59.4 Å². The van der Waals surface area contributed by atoms with Crippen LogP contribution >= 0.6 is 0 Å². The average Bonchev–Trinajstić information content (AvgIpc) is 3.27. The molecule has 1 fully saturated rings. The molecule has 3 aromatic rings. The minimum absolute atomic E-state index is 0.197. The number of carbonyl (C=O) groups is 1. The molecule has 1 N–H and O–H groups in total. The Morgan fingerprint density at radius 2 is 1.93 bits per heavy atom. The van der Waals surface area contributed by atoms with E-state index in [0.717, 1.165) is 37.7 Å². The molecule has 4 rings (SSSR count). The number of carbonyl (C=O) groups excluding carboxylic acids is 1. The lowest BCUT2D eigenvalue weighted by Gasteiger charge is -2.35. The largest absolute Gasteiger partial charge is 0.481 e. The lowest BCUT2D eigenvalue weighted by atomic mass is 9.81. The second-order valence-corrected chi connectivity index (χ2v) is 7.37. The second-order valence-electron chi connectivity index (χ2n) is 7.37. The van der Waals surface area contributed by atoms with E-state index in [1.807, 2.05) is 42.5 Å². The van der Waals surface area contributed by atoms with Gasteiger partial charge in [-0.2, -0.15) is 4.98 Å². The molecule has 2 heterocycles. The van der Waals surface area contributed by atoms with Crippen molar-refractivity contribution in [1.29, 1.82) is 0 Å². The van der Waals surface area contributed by atoms with Gasteiger partial charge in [0, 0.05) is 18.0 Å². The fourth-order valence-electron chi connectivity index (χ4n) is 3.67. The molecule has 1 amide bonds. The van der Waals surface area contributed by atoms with E-state index in [1.165, 1.54) is 0 Å². The predicted octanol–water partition coefficient (Wildman–Crippen LogP) is 3.87. The molecule has 0 spiro atoms. The molecule has 150 valence electrons. The maximum Gasteiger partial charge on any atom is 0.261 e. The molecule has 29 heavy (non-hydrogen) atoms. The number of nitrogens with zero attached hydrogens (tertiary/aromatic N) is 3. The topological polar surface area (TPSA) is 90.1 Å². The number of para-hydroxylation sites is 1. The summed E-state index contributed by atoms with van der Waals surface area (Å²) >= 11 is 0. The number of benzene rings is 1. The van der Waals surface area contributed by atoms with Crippen LogP contribution in [0.5, 0.6) is 5.75 Å². The molecule has 0 bridgehead atoms. The van der Waals surface area contributed by atoms with Crippen LogP contribution in [0.4, 0.5) is 0 Å². The van der Waals surface area contributed by atoms with Crippen LogP contribution < -0.4 is 10.1 Å². The smallest absolute Gasteiger partial charge is 0.261 e. The van der Waals surface area contributed by atoms with Crippen molar-refractivity contribution in [3.05, 3.63) is 60.7 Å². The van der Waals surface area contributed by atoms with Gasteiger partial charge >= 0.3 is 0 Å². The molecular weight excluding hydrogens is 368 g/mol. The summed E-state index contributed by atoms with van der Waals surface area (Å²) in [5.41, 5.74) is 0.109. The summed E-state index contributed by atoms with van der Waals surface area (Å²) in [5.74, 6) is 1.37. The number of amides is 1. The average molecular weight is 392 g/mol. The monoisotopic (exact) mass is 392 g/mol. The van der Waals surface area contributed by atoms with Gasteiger partial charge in [0.1, 0.15) is 11.3 Å². The lowest BCUT2D eigenvalue weighted by molar-refractivity contribution is -0.130. The van der Waals surface area contributed by atoms with E-state index >= 15 is 0 Å². The van der Waals surface area contributed by atoms with Crippen molar-refractivity contribution < 1.29 is 14.1 Å². The Labute approximate surface area is 169 Å². The molecule has 0 unspecified atom stereocenters. The molecule has 7 heteroatoms. The highest BCUT2D eigenvalue weighted by molar-refractivity contribution is 5.81. The highest BCUT2D eigenvalue weighted by Crippen LogP contribution is 2.37. The fourth-order valence-corrected chi connectivity index (χ4v) is 3.67. The third-order valence-electron chi connectivity index (χ3n) is 5.25. The Morgan fingerprint density at radius 1 is 1.14 bits per heavy atom. The summed E-state index contributed by atoms with van der Waals surface area (Å²) in [6, 6.07) is 13.0. The van der Waals surface area contributed by atoms with Gasteiger partial charge in [0.05, 0.1) is 0 Å². The first kappa shape index (κ1) is 19.1. The molecule has 1 saturated carbocycles. The van der Waals surface area contributed by atoms with Crippen LogP contribution in [-0.4, -0.2) is 27.1 Å². The standard InChI is InChI=1S/C22H24N4O3/c1-16(28-18-10-4-2-5-11-18)20(27)25-22(12-6-3-7-13-22)21-24-19(26-29-21)17-9-8-14-23-15-17/h2,4-5,8-11,14-16H,3,6-7,12-13H2,1H3,(H,25,27)/t16-/m0/s1. The van der Waals surface area contributed by atoms with Crippen LogP contribution in [0.3, 0.4) is 0 Å². The fraction of sp³-hybridized carbons (Fsp3) is 0.364. The van der Waals surface area contributed by atoms with E-state index in [0.29, 0.717) is 17.5 Å². The lowest BCUT2D eigenvalue weighted by Crippen LogP contribution is -2.51. The number of hydrogen-bond acceptors (Lipinski definition) is 6. The summed E-state index contributed by atoms with van der Waals surface area (Å²) in [7, 11) is 0. The predicted molar refractivity (Wildman–Crippen MR) is 107 cm³/mol. The Kier molecular flexibility index (Phi) is 5.55. The summed E-state index contributed by atoms with van der Waals surface area (Å²) < 4.78 is 11.4. The van der Waals surface area contributed by atoms with Gasteiger partial charge < -0.3 is 14.6 Å². The normalized spacial score (nSPS) is 16.7. The number of pyridine rings is 1. The number of nitrogens with one attached hydrogen (secondary N) is 1. The van der Waals surface area contributed by atoms with Crippen LogP contribution in [0.2, 0.25) is 0 Å². The van der Waals surface area contributed by atoms with Gasteiger partial charge in [-0.1, -0.05) is 42.6 Å². The maximum absolute atomic E-state index is 12.9. The Morgan fingerprint density at radius 3 is 2.66 bits per heavy atom. The molecule has 2 aromatic heterocycles. The van der Waals surface area contributed by atoms with Crippen molar-refractivity contribution in [2.24, 2.45) is 0 Å². The van der Waals surface area contributed by atoms with Crippen LogP contribution in [-0.2, 0) is 10.3 Å². The van der Waals surface area contributed by atoms with E-state index in [4.69, 9.17) is 9.26 Å². The van der Waals surface area contributed by atoms with Gasteiger partial charge in [0.15, 0.2) is 6.10 Å². The Bertz CT molecular complexity index is 937. The molecule has 0 aliphatic heterocycles. The summed E-state index contributed by atoms with van der Waals surface area (Å²) in [4.78, 5) is 21.6. The third-order valence-corrected chi connectivity index (χ3v) is 5.25. The van der Waals surface area contributed by atoms with Gasteiger partial charge in [-0.05, 0) is 44.0 Å². The molecule has 1 aliphatic rings. The summed E-state index contributed by atoms with van der Waals surface area (Å²) in [5, 5.41) is 7.28. The Balaban J connectivity index is 1.54. The molecule has 1 aromatic carbocycles. The van der Waals surface area contributed by atoms with E-state index < -0.39 is 11.6 Å². The maximum atomic E-state index is 12.9. The Hall–Kier alpha value is -3.22. The first-order valence-corrected chi connectivity index (χ1v) is 9.95. The zero-order valence-electron chi connectivity index (χ0n) is 16.4. The van der Waals surface area contributed by atoms with Crippen molar-refractivity contribution in [3.63, 3.8) is 0 Å². The third kappa shape index (κ3) is 4.29. The van der Waals surface area contributed by atoms with Crippen LogP contribution in [0.1, 0.15) is 44.9 Å². The summed E-state index contributed by atoms with van der Waals surface area (Å²) in [6.07, 6.45) is 7.35. The molecule has 0 saturated heterocycles. The van der Waals surface area contributed by atoms with Gasteiger partial charge in [-0.15, -0.1) is 0 Å². The van der Waals surface area contributed by atoms with Gasteiger partial charge in [-0.3, -0.25) is 9.78 Å². The first-order valence-electron chi connectivity index (χ1n) is 9.95. The van der Waals surface area contributed by atoms with Crippen molar-refractivity contribution in [1.82, 2.24) is 20.4 Å². The summed E-state index contributed by atoms with van der Waals surface area (Å²) in [6.45, 7) is 1.74. The minimum Gasteiger partial charge on any atom is -0.481 e. The van der Waals surface area contributed by atoms with Crippen molar-refractivity contribution in [2.75, 3.05) is 0 Å². The van der Waals surface area contributed by atoms with E-state index in [2.05, 4.69) is 20.4 Å². The SMILES string of the molecule is C[C@H](Oc1ccccc1)C(=O)NC1(c2nc(-c3cccnc3)no2)CCCCC1. The minimum atomic E-state index is -0.670. The van der Waals surface area contributed by atoms with Gasteiger partial charge in [-0.25, -0.2) is 0 Å². The first-order chi connectivity index (χ1) is 14.2. The van der Waals surface area contributed by atoms with E-state index in [9.17, 15) is 4.79 Å². The van der Waals surface area contributed by atoms with E-state index in [1.54, 1.807) is 19.3 Å². The molecule has 7 nitrogen and oxygen atoms in total. The van der Waals surface area contributed by atoms with Crippen molar-refractivity contribution >= 4 is 5.91 Å². The highest BCUT2D eigenvalue weighted by atomic mass is 16.5.